The number of imidazole rings is 1. The summed E-state index contributed by atoms with van der Waals surface area (Å²) in [6, 6.07) is 13.6. The molecule has 0 saturated carbocycles. The highest BCUT2D eigenvalue weighted by Gasteiger charge is 2.18. The van der Waals surface area contributed by atoms with Gasteiger partial charge in [-0.15, -0.1) is 5.10 Å². The predicted octanol–water partition coefficient (Wildman–Crippen LogP) is 2.29. The number of benzene rings is 1. The molecule has 4 heterocycles. The number of para-hydroxylation sites is 1. The number of aliphatic hydroxyl groups excluding tert-OH is 1. The summed E-state index contributed by atoms with van der Waals surface area (Å²) in [5.74, 6) is 1.37. The van der Waals surface area contributed by atoms with Gasteiger partial charge in [0, 0.05) is 31.4 Å². The summed E-state index contributed by atoms with van der Waals surface area (Å²) in [4.78, 5) is 4.42. The summed E-state index contributed by atoms with van der Waals surface area (Å²) < 4.78 is 13.4. The van der Waals surface area contributed by atoms with Gasteiger partial charge in [-0.1, -0.05) is 18.2 Å². The van der Waals surface area contributed by atoms with Crippen LogP contribution >= 0.6 is 0 Å². The maximum absolute atomic E-state index is 10.3. The van der Waals surface area contributed by atoms with E-state index in [0.29, 0.717) is 31.2 Å². The molecule has 0 radical (unpaired) electrons. The van der Waals surface area contributed by atoms with Crippen molar-refractivity contribution in [3.63, 3.8) is 0 Å². The van der Waals surface area contributed by atoms with Gasteiger partial charge < -0.3 is 24.9 Å². The Hall–Kier alpha value is -2.94. The lowest BCUT2D eigenvalue weighted by Gasteiger charge is -2.25. The highest BCUT2D eigenvalue weighted by atomic mass is 16.5. The maximum Gasteiger partial charge on any atom is 0.155 e. The first-order valence-electron chi connectivity index (χ1n) is 9.84. The smallest absolute Gasteiger partial charge is 0.155 e. The Bertz CT molecular complexity index is 1080. The molecular formula is C21H23N5O3. The van der Waals surface area contributed by atoms with Crippen LogP contribution in [0, 0.1) is 0 Å². The van der Waals surface area contributed by atoms with Crippen LogP contribution in [0.3, 0.4) is 0 Å². The molecular weight excluding hydrogens is 370 g/mol. The lowest BCUT2D eigenvalue weighted by molar-refractivity contribution is -0.00194. The lowest BCUT2D eigenvalue weighted by atomic mass is 10.1. The standard InChI is InChI=1S/C21H23N5O3/c27-15(10-16-12-22-7-8-28-16)11-23-20-5-6-21-24-13-17(26(21)25-20)19-9-14-3-1-2-4-18(14)29-19/h1-6,9,13,15-16,22,27H,7-8,10-12H2,(H,23,25). The van der Waals surface area contributed by atoms with Crippen LogP contribution in [0.1, 0.15) is 6.42 Å². The molecule has 2 atom stereocenters. The second kappa shape index (κ2) is 7.82. The van der Waals surface area contributed by atoms with E-state index in [4.69, 9.17) is 9.15 Å². The first-order chi connectivity index (χ1) is 14.3. The van der Waals surface area contributed by atoms with Crippen molar-refractivity contribution in [1.29, 1.82) is 0 Å². The molecule has 0 amide bonds. The van der Waals surface area contributed by atoms with E-state index < -0.39 is 6.10 Å². The monoisotopic (exact) mass is 393 g/mol. The number of hydrogen-bond acceptors (Lipinski definition) is 7. The number of hydrogen-bond donors (Lipinski definition) is 3. The minimum Gasteiger partial charge on any atom is -0.454 e. The van der Waals surface area contributed by atoms with Gasteiger partial charge in [-0.2, -0.15) is 0 Å². The van der Waals surface area contributed by atoms with E-state index in [2.05, 4.69) is 20.7 Å². The first kappa shape index (κ1) is 18.1. The van der Waals surface area contributed by atoms with Crippen LogP contribution in [0.5, 0.6) is 0 Å². The summed E-state index contributed by atoms with van der Waals surface area (Å²) >= 11 is 0. The number of anilines is 1. The first-order valence-corrected chi connectivity index (χ1v) is 9.84. The molecule has 150 valence electrons. The van der Waals surface area contributed by atoms with E-state index in [1.807, 2.05) is 42.5 Å². The molecule has 1 aliphatic heterocycles. The Morgan fingerprint density at radius 3 is 3.07 bits per heavy atom. The van der Waals surface area contributed by atoms with Crippen LogP contribution in [-0.4, -0.2) is 58.2 Å². The number of fused-ring (bicyclic) bond motifs is 2. The van der Waals surface area contributed by atoms with Gasteiger partial charge in [0.2, 0.25) is 0 Å². The molecule has 1 aromatic carbocycles. The van der Waals surface area contributed by atoms with Crippen molar-refractivity contribution in [2.24, 2.45) is 0 Å². The average molecular weight is 393 g/mol. The van der Waals surface area contributed by atoms with Gasteiger partial charge in [0.1, 0.15) is 17.1 Å². The third kappa shape index (κ3) is 3.82. The third-order valence-electron chi connectivity index (χ3n) is 5.10. The second-order valence-electron chi connectivity index (χ2n) is 7.25. The largest absolute Gasteiger partial charge is 0.454 e. The quantitative estimate of drug-likeness (QED) is 0.462. The van der Waals surface area contributed by atoms with Crippen molar-refractivity contribution in [2.75, 3.05) is 31.6 Å². The van der Waals surface area contributed by atoms with Crippen molar-refractivity contribution in [3.05, 3.63) is 48.7 Å². The second-order valence-corrected chi connectivity index (χ2v) is 7.25. The Balaban J connectivity index is 1.32. The molecule has 0 spiro atoms. The van der Waals surface area contributed by atoms with Crippen LogP contribution in [0.2, 0.25) is 0 Å². The topological polar surface area (TPSA) is 96.9 Å². The fraction of sp³-hybridized carbons (Fsp3) is 0.333. The predicted molar refractivity (Wildman–Crippen MR) is 110 cm³/mol. The summed E-state index contributed by atoms with van der Waals surface area (Å²) in [7, 11) is 0. The van der Waals surface area contributed by atoms with Crippen LogP contribution in [0.15, 0.2) is 53.1 Å². The molecule has 8 heteroatoms. The number of furan rings is 1. The van der Waals surface area contributed by atoms with Gasteiger partial charge in [0.15, 0.2) is 11.4 Å². The van der Waals surface area contributed by atoms with Crippen molar-refractivity contribution >= 4 is 22.4 Å². The summed E-state index contributed by atoms with van der Waals surface area (Å²) in [5.41, 5.74) is 2.34. The molecule has 0 aliphatic carbocycles. The molecule has 5 rings (SSSR count). The van der Waals surface area contributed by atoms with Gasteiger partial charge in [0.25, 0.3) is 0 Å². The van der Waals surface area contributed by atoms with E-state index in [1.165, 1.54) is 0 Å². The van der Waals surface area contributed by atoms with E-state index in [0.717, 1.165) is 35.4 Å². The maximum atomic E-state index is 10.3. The Labute approximate surface area is 167 Å². The molecule has 1 aliphatic rings. The zero-order valence-electron chi connectivity index (χ0n) is 15.9. The number of aliphatic hydroxyl groups is 1. The average Bonchev–Trinajstić information content (AvgIpc) is 3.36. The van der Waals surface area contributed by atoms with Gasteiger partial charge >= 0.3 is 0 Å². The Kier molecular flexibility index (Phi) is 4.89. The molecule has 4 aromatic rings. The number of morpholine rings is 1. The fourth-order valence-corrected chi connectivity index (χ4v) is 3.62. The number of aromatic nitrogens is 3. The summed E-state index contributed by atoms with van der Waals surface area (Å²) in [6.45, 7) is 2.73. The number of nitrogens with one attached hydrogen (secondary N) is 2. The van der Waals surface area contributed by atoms with Crippen LogP contribution < -0.4 is 10.6 Å². The molecule has 1 saturated heterocycles. The zero-order chi connectivity index (χ0) is 19.6. The van der Waals surface area contributed by atoms with Crippen LogP contribution in [-0.2, 0) is 4.74 Å². The Morgan fingerprint density at radius 2 is 2.21 bits per heavy atom. The number of nitrogens with zero attached hydrogens (tertiary/aromatic N) is 3. The van der Waals surface area contributed by atoms with E-state index >= 15 is 0 Å². The highest BCUT2D eigenvalue weighted by molar-refractivity contribution is 5.82. The highest BCUT2D eigenvalue weighted by Crippen LogP contribution is 2.28. The molecule has 8 nitrogen and oxygen atoms in total. The van der Waals surface area contributed by atoms with E-state index in [1.54, 1.807) is 10.7 Å². The number of rotatable bonds is 6. The SMILES string of the molecule is OC(CNc1ccc2ncc(-c3cc4ccccc4o3)n2n1)CC1CNCCO1. The lowest BCUT2D eigenvalue weighted by Crippen LogP contribution is -2.41. The van der Waals surface area contributed by atoms with Gasteiger partial charge in [-0.3, -0.25) is 0 Å². The molecule has 3 N–H and O–H groups in total. The van der Waals surface area contributed by atoms with Crippen molar-refractivity contribution in [1.82, 2.24) is 19.9 Å². The molecule has 1 fully saturated rings. The minimum absolute atomic E-state index is 0.0457. The normalized spacial score (nSPS) is 18.3. The minimum atomic E-state index is -0.518. The van der Waals surface area contributed by atoms with E-state index in [-0.39, 0.29) is 6.10 Å². The van der Waals surface area contributed by atoms with Gasteiger partial charge in [-0.25, -0.2) is 9.50 Å². The molecule has 2 unspecified atom stereocenters. The van der Waals surface area contributed by atoms with Crippen molar-refractivity contribution in [3.8, 4) is 11.5 Å². The van der Waals surface area contributed by atoms with Crippen LogP contribution in [0.4, 0.5) is 5.82 Å². The summed E-state index contributed by atoms with van der Waals surface area (Å²) in [6.07, 6.45) is 1.86. The third-order valence-corrected chi connectivity index (χ3v) is 5.10. The van der Waals surface area contributed by atoms with E-state index in [9.17, 15) is 5.11 Å². The van der Waals surface area contributed by atoms with Gasteiger partial charge in [-0.05, 0) is 24.3 Å². The summed E-state index contributed by atoms with van der Waals surface area (Å²) in [5, 5.41) is 22.5. The molecule has 29 heavy (non-hydrogen) atoms. The molecule has 0 bridgehead atoms. The zero-order valence-corrected chi connectivity index (χ0v) is 15.9. The van der Waals surface area contributed by atoms with Crippen molar-refractivity contribution in [2.45, 2.75) is 18.6 Å². The van der Waals surface area contributed by atoms with Crippen LogP contribution in [0.25, 0.3) is 28.1 Å². The Morgan fingerprint density at radius 1 is 1.28 bits per heavy atom. The number of ether oxygens (including phenoxy) is 1. The fourth-order valence-electron chi connectivity index (χ4n) is 3.62. The van der Waals surface area contributed by atoms with Crippen molar-refractivity contribution < 1.29 is 14.3 Å². The van der Waals surface area contributed by atoms with Gasteiger partial charge in [0.05, 0.1) is 25.0 Å². The molecule has 3 aromatic heterocycles.